The van der Waals surface area contributed by atoms with Crippen molar-refractivity contribution in [1.29, 1.82) is 0 Å². The standard InChI is InChI=1S/C8H7N3O4S/c1-10-6(14)9-7-11(8(10)15)4(3-16-7)2-5(12)13/h3H,2H2,1H3,(H,12,13). The molecule has 16 heavy (non-hydrogen) atoms. The third-order valence-electron chi connectivity index (χ3n) is 2.07. The summed E-state index contributed by atoms with van der Waals surface area (Å²) in [7, 11) is 1.30. The van der Waals surface area contributed by atoms with E-state index in [1.54, 1.807) is 0 Å². The number of carboxylic acid groups (broad SMARTS) is 1. The summed E-state index contributed by atoms with van der Waals surface area (Å²) in [4.78, 5) is 37.4. The molecule has 0 saturated heterocycles. The van der Waals surface area contributed by atoms with Crippen LogP contribution in [0.25, 0.3) is 4.96 Å². The van der Waals surface area contributed by atoms with Crippen molar-refractivity contribution in [3.8, 4) is 0 Å². The first-order valence-electron chi connectivity index (χ1n) is 4.28. The Morgan fingerprint density at radius 3 is 2.88 bits per heavy atom. The van der Waals surface area contributed by atoms with Gasteiger partial charge in [0.25, 0.3) is 0 Å². The normalized spacial score (nSPS) is 10.8. The summed E-state index contributed by atoms with van der Waals surface area (Å²) in [6.07, 6.45) is -0.278. The second-order valence-electron chi connectivity index (χ2n) is 3.15. The van der Waals surface area contributed by atoms with Crippen molar-refractivity contribution in [3.63, 3.8) is 0 Å². The van der Waals surface area contributed by atoms with Crippen LogP contribution in [-0.4, -0.2) is 25.0 Å². The fourth-order valence-electron chi connectivity index (χ4n) is 1.29. The largest absolute Gasteiger partial charge is 0.481 e. The summed E-state index contributed by atoms with van der Waals surface area (Å²) in [6.45, 7) is 0. The highest BCUT2D eigenvalue weighted by Gasteiger charge is 2.12. The first-order chi connectivity index (χ1) is 7.50. The molecule has 0 amide bonds. The van der Waals surface area contributed by atoms with E-state index in [1.807, 2.05) is 0 Å². The number of aromatic nitrogens is 3. The zero-order valence-electron chi connectivity index (χ0n) is 8.21. The molecule has 2 aromatic rings. The van der Waals surface area contributed by atoms with Crippen molar-refractivity contribution < 1.29 is 9.90 Å². The van der Waals surface area contributed by atoms with Gasteiger partial charge in [-0.25, -0.2) is 18.6 Å². The van der Waals surface area contributed by atoms with Crippen LogP contribution in [0, 0.1) is 0 Å². The van der Waals surface area contributed by atoms with Crippen LogP contribution in [0.1, 0.15) is 5.69 Å². The van der Waals surface area contributed by atoms with Gasteiger partial charge in [0.05, 0.1) is 12.1 Å². The molecule has 0 atom stereocenters. The topological polar surface area (TPSA) is 93.7 Å². The molecule has 1 N–H and O–H groups in total. The van der Waals surface area contributed by atoms with Crippen LogP contribution in [0.15, 0.2) is 15.0 Å². The molecule has 7 nitrogen and oxygen atoms in total. The van der Waals surface area contributed by atoms with E-state index in [-0.39, 0.29) is 11.4 Å². The molecule has 84 valence electrons. The van der Waals surface area contributed by atoms with E-state index in [2.05, 4.69) is 4.98 Å². The van der Waals surface area contributed by atoms with Crippen molar-refractivity contribution in [2.75, 3.05) is 0 Å². The summed E-state index contributed by atoms with van der Waals surface area (Å²) in [5, 5.41) is 10.2. The molecule has 2 rings (SSSR count). The van der Waals surface area contributed by atoms with E-state index < -0.39 is 17.3 Å². The Kier molecular flexibility index (Phi) is 2.35. The number of nitrogens with zero attached hydrogens (tertiary/aromatic N) is 3. The van der Waals surface area contributed by atoms with Gasteiger partial charge in [-0.3, -0.25) is 4.79 Å². The Hall–Kier alpha value is -1.96. The molecule has 2 heterocycles. The Morgan fingerprint density at radius 1 is 1.56 bits per heavy atom. The number of thiazole rings is 1. The van der Waals surface area contributed by atoms with Gasteiger partial charge in [-0.05, 0) is 0 Å². The number of hydrogen-bond donors (Lipinski definition) is 1. The van der Waals surface area contributed by atoms with Gasteiger partial charge in [0.1, 0.15) is 0 Å². The predicted octanol–water partition coefficient (Wildman–Crippen LogP) is -0.918. The van der Waals surface area contributed by atoms with Crippen molar-refractivity contribution in [1.82, 2.24) is 14.0 Å². The Morgan fingerprint density at radius 2 is 2.25 bits per heavy atom. The second-order valence-corrected chi connectivity index (χ2v) is 3.99. The molecule has 0 spiro atoms. The molecule has 0 unspecified atom stereocenters. The lowest BCUT2D eigenvalue weighted by atomic mass is 10.3. The van der Waals surface area contributed by atoms with Gasteiger partial charge in [-0.2, -0.15) is 4.98 Å². The Labute approximate surface area is 92.2 Å². The minimum atomic E-state index is -1.04. The summed E-state index contributed by atoms with van der Waals surface area (Å²) in [6, 6.07) is 0. The maximum absolute atomic E-state index is 11.7. The molecular formula is C8H7N3O4S. The zero-order chi connectivity index (χ0) is 11.9. The average Bonchev–Trinajstić information content (AvgIpc) is 2.57. The predicted molar refractivity (Wildman–Crippen MR) is 55.9 cm³/mol. The van der Waals surface area contributed by atoms with Gasteiger partial charge >= 0.3 is 17.3 Å². The molecule has 0 aliphatic rings. The van der Waals surface area contributed by atoms with Crippen molar-refractivity contribution >= 4 is 22.3 Å². The Bertz CT molecular complexity index is 681. The van der Waals surface area contributed by atoms with E-state index in [4.69, 9.17) is 5.11 Å². The lowest BCUT2D eigenvalue weighted by Gasteiger charge is -1.99. The van der Waals surface area contributed by atoms with Gasteiger partial charge in [0, 0.05) is 12.4 Å². The SMILES string of the molecule is Cn1c(=O)nc2scc(CC(=O)O)n2c1=O. The van der Waals surface area contributed by atoms with Gasteiger partial charge in [0.15, 0.2) is 0 Å². The smallest absolute Gasteiger partial charge is 0.354 e. The quantitative estimate of drug-likeness (QED) is 0.734. The van der Waals surface area contributed by atoms with Crippen LogP contribution >= 0.6 is 11.3 Å². The number of hydrogen-bond acceptors (Lipinski definition) is 5. The fourth-order valence-corrected chi connectivity index (χ4v) is 2.16. The monoisotopic (exact) mass is 241 g/mol. The molecule has 0 aliphatic heterocycles. The molecular weight excluding hydrogens is 234 g/mol. The molecule has 0 saturated carbocycles. The first-order valence-corrected chi connectivity index (χ1v) is 5.16. The first kappa shape index (κ1) is 10.6. The van der Waals surface area contributed by atoms with Gasteiger partial charge in [-0.1, -0.05) is 0 Å². The maximum Gasteiger partial charge on any atom is 0.354 e. The number of carbonyl (C=O) groups is 1. The van der Waals surface area contributed by atoms with Crippen LogP contribution in [-0.2, 0) is 18.3 Å². The Balaban J connectivity index is 2.81. The number of rotatable bonds is 2. The summed E-state index contributed by atoms with van der Waals surface area (Å²) < 4.78 is 1.98. The van der Waals surface area contributed by atoms with Gasteiger partial charge in [-0.15, -0.1) is 11.3 Å². The maximum atomic E-state index is 11.7. The molecule has 0 bridgehead atoms. The highest BCUT2D eigenvalue weighted by Crippen LogP contribution is 2.10. The van der Waals surface area contributed by atoms with Crippen molar-refractivity contribution in [2.24, 2.45) is 7.05 Å². The highest BCUT2D eigenvalue weighted by atomic mass is 32.1. The van der Waals surface area contributed by atoms with Crippen LogP contribution < -0.4 is 11.4 Å². The zero-order valence-corrected chi connectivity index (χ0v) is 9.02. The van der Waals surface area contributed by atoms with Crippen LogP contribution in [0.3, 0.4) is 0 Å². The molecule has 0 fully saturated rings. The van der Waals surface area contributed by atoms with Crippen LogP contribution in [0.4, 0.5) is 0 Å². The lowest BCUT2D eigenvalue weighted by Crippen LogP contribution is -2.37. The summed E-state index contributed by atoms with van der Waals surface area (Å²) >= 11 is 1.07. The summed E-state index contributed by atoms with van der Waals surface area (Å²) in [5.74, 6) is -1.04. The van der Waals surface area contributed by atoms with Crippen LogP contribution in [0.5, 0.6) is 0 Å². The molecule has 0 aromatic carbocycles. The fraction of sp³-hybridized carbons (Fsp3) is 0.250. The average molecular weight is 241 g/mol. The third kappa shape index (κ3) is 1.52. The van der Waals surface area contributed by atoms with Crippen molar-refractivity contribution in [3.05, 3.63) is 32.0 Å². The highest BCUT2D eigenvalue weighted by molar-refractivity contribution is 7.15. The van der Waals surface area contributed by atoms with Gasteiger partial charge < -0.3 is 5.11 Å². The minimum absolute atomic E-state index is 0.212. The van der Waals surface area contributed by atoms with Gasteiger partial charge in [0.2, 0.25) is 4.96 Å². The minimum Gasteiger partial charge on any atom is -0.481 e. The van der Waals surface area contributed by atoms with E-state index in [1.165, 1.54) is 12.4 Å². The number of fused-ring (bicyclic) bond motifs is 1. The second kappa shape index (κ2) is 3.56. The number of carboxylic acids is 1. The van der Waals surface area contributed by atoms with E-state index in [9.17, 15) is 14.4 Å². The van der Waals surface area contributed by atoms with Crippen molar-refractivity contribution in [2.45, 2.75) is 6.42 Å². The molecule has 0 aliphatic carbocycles. The molecule has 0 radical (unpaired) electrons. The van der Waals surface area contributed by atoms with E-state index >= 15 is 0 Å². The van der Waals surface area contributed by atoms with E-state index in [0.717, 1.165) is 20.3 Å². The third-order valence-corrected chi connectivity index (χ3v) is 2.94. The molecule has 8 heteroatoms. The molecule has 2 aromatic heterocycles. The lowest BCUT2D eigenvalue weighted by molar-refractivity contribution is -0.136. The number of aliphatic carboxylic acids is 1. The van der Waals surface area contributed by atoms with E-state index in [0.29, 0.717) is 5.69 Å². The van der Waals surface area contributed by atoms with Crippen LogP contribution in [0.2, 0.25) is 0 Å². The summed E-state index contributed by atoms with van der Waals surface area (Å²) in [5.41, 5.74) is -0.901.